The highest BCUT2D eigenvalue weighted by atomic mass is 35.5. The maximum atomic E-state index is 10.3. The fourth-order valence-corrected chi connectivity index (χ4v) is 0.881. The molecule has 0 atom stereocenters. The Morgan fingerprint density at radius 3 is 2.82 bits per heavy atom. The Morgan fingerprint density at radius 2 is 2.36 bits per heavy atom. The van der Waals surface area contributed by atoms with Crippen molar-refractivity contribution in [1.29, 1.82) is 0 Å². The van der Waals surface area contributed by atoms with Gasteiger partial charge in [-0.15, -0.1) is 0 Å². The van der Waals surface area contributed by atoms with E-state index >= 15 is 0 Å². The first kappa shape index (κ1) is 7.94. The molecule has 0 aliphatic heterocycles. The van der Waals surface area contributed by atoms with Crippen LogP contribution in [0, 0.1) is 17.0 Å². The molecule has 1 aromatic rings. The average Bonchev–Trinajstić information content (AvgIpc) is 1.94. The summed E-state index contributed by atoms with van der Waals surface area (Å²) in [5.41, 5.74) is 0.605. The Balaban J connectivity index is 3.23. The van der Waals surface area contributed by atoms with Crippen molar-refractivity contribution in [3.63, 3.8) is 0 Å². The number of aryl methyl sites for hydroxylation is 1. The molecule has 1 aromatic heterocycles. The summed E-state index contributed by atoms with van der Waals surface area (Å²) >= 11 is 5.50. The number of pyridine rings is 1. The molecule has 11 heavy (non-hydrogen) atoms. The minimum absolute atomic E-state index is 0.0359. The second-order valence-corrected chi connectivity index (χ2v) is 2.51. The van der Waals surface area contributed by atoms with E-state index in [9.17, 15) is 10.1 Å². The molecule has 1 heterocycles. The Bertz CT molecular complexity index is 301. The van der Waals surface area contributed by atoms with Crippen LogP contribution in [-0.4, -0.2) is 4.92 Å². The third-order valence-corrected chi connectivity index (χ3v) is 1.51. The number of nitrogens with zero attached hydrogens (tertiary/aromatic N) is 1. The minimum atomic E-state index is -0.463. The molecule has 0 radical (unpaired) electrons. The van der Waals surface area contributed by atoms with E-state index in [1.165, 1.54) is 12.3 Å². The predicted molar refractivity (Wildman–Crippen MR) is 39.4 cm³/mol. The minimum Gasteiger partial charge on any atom is -0.258 e. The van der Waals surface area contributed by atoms with Crippen LogP contribution in [0.1, 0.15) is 5.56 Å². The number of aromatic nitrogens is 1. The van der Waals surface area contributed by atoms with Crippen molar-refractivity contribution >= 4 is 17.3 Å². The third kappa shape index (κ3) is 1.65. The lowest BCUT2D eigenvalue weighted by Gasteiger charge is -1.90. The van der Waals surface area contributed by atoms with Gasteiger partial charge in [0.05, 0.1) is 10.5 Å². The van der Waals surface area contributed by atoms with E-state index in [4.69, 9.17) is 11.6 Å². The number of rotatable bonds is 1. The van der Waals surface area contributed by atoms with E-state index in [1.807, 2.05) is 0 Å². The largest absolute Gasteiger partial charge is 0.285 e. The highest BCUT2D eigenvalue weighted by Gasteiger charge is 2.14. The van der Waals surface area contributed by atoms with Crippen LogP contribution in [0.25, 0.3) is 0 Å². The first-order valence-corrected chi connectivity index (χ1v) is 3.31. The van der Waals surface area contributed by atoms with Crippen LogP contribution in [0.2, 0.25) is 5.15 Å². The molecule has 0 saturated carbocycles. The maximum Gasteiger partial charge on any atom is 0.285 e. The van der Waals surface area contributed by atoms with Crippen molar-refractivity contribution in [2.75, 3.05) is 0 Å². The summed E-state index contributed by atoms with van der Waals surface area (Å²) in [6.45, 7) is 1.64. The van der Waals surface area contributed by atoms with Gasteiger partial charge in [-0.05, 0) is 18.5 Å². The monoisotopic (exact) mass is 173 g/mol. The molecule has 0 fully saturated rings. The zero-order chi connectivity index (χ0) is 8.43. The Kier molecular flexibility index (Phi) is 2.05. The van der Waals surface area contributed by atoms with Gasteiger partial charge in [0.15, 0.2) is 6.20 Å². The standard InChI is InChI=1S/C6H5ClN2O2/c1-4-3-8-6(7)2-5(4)9(10)11/h2-3H,1H3/p+1. The molecular weight excluding hydrogens is 168 g/mol. The Labute approximate surface area is 68.0 Å². The van der Waals surface area contributed by atoms with Gasteiger partial charge in [-0.1, -0.05) is 0 Å². The fourth-order valence-electron chi connectivity index (χ4n) is 0.723. The molecule has 0 unspecified atom stereocenters. The lowest BCUT2D eigenvalue weighted by Crippen LogP contribution is -2.05. The molecule has 1 rings (SSSR count). The number of aromatic amines is 1. The van der Waals surface area contributed by atoms with Gasteiger partial charge in [-0.3, -0.25) is 10.1 Å². The first-order chi connectivity index (χ1) is 5.11. The fraction of sp³-hybridized carbons (Fsp3) is 0.167. The van der Waals surface area contributed by atoms with Crippen molar-refractivity contribution in [2.24, 2.45) is 0 Å². The molecule has 58 valence electrons. The molecule has 0 aromatic carbocycles. The topological polar surface area (TPSA) is 57.3 Å². The highest BCUT2D eigenvalue weighted by Crippen LogP contribution is 2.17. The van der Waals surface area contributed by atoms with Crippen LogP contribution in [0.4, 0.5) is 5.69 Å². The van der Waals surface area contributed by atoms with Gasteiger partial charge in [0.25, 0.3) is 10.8 Å². The van der Waals surface area contributed by atoms with Crippen molar-refractivity contribution in [2.45, 2.75) is 6.92 Å². The molecule has 5 heteroatoms. The van der Waals surface area contributed by atoms with Crippen LogP contribution >= 0.6 is 11.6 Å². The second kappa shape index (κ2) is 2.84. The van der Waals surface area contributed by atoms with E-state index in [-0.39, 0.29) is 10.8 Å². The van der Waals surface area contributed by atoms with E-state index in [0.717, 1.165) is 0 Å². The zero-order valence-corrected chi connectivity index (χ0v) is 6.55. The molecule has 1 N–H and O–H groups in total. The molecular formula is C6H6ClN2O2+. The van der Waals surface area contributed by atoms with E-state index < -0.39 is 4.92 Å². The quantitative estimate of drug-likeness (QED) is 0.366. The van der Waals surface area contributed by atoms with E-state index in [1.54, 1.807) is 6.92 Å². The summed E-state index contributed by atoms with van der Waals surface area (Å²) < 4.78 is 0. The second-order valence-electron chi connectivity index (χ2n) is 2.11. The highest BCUT2D eigenvalue weighted by molar-refractivity contribution is 6.28. The lowest BCUT2D eigenvalue weighted by molar-refractivity contribution is -0.398. The SMILES string of the molecule is Cc1c[nH+]c(Cl)cc1[N+](=O)[O-]. The summed E-state index contributed by atoms with van der Waals surface area (Å²) in [7, 11) is 0. The number of nitrogens with one attached hydrogen (secondary N) is 1. The molecule has 0 aliphatic rings. The van der Waals surface area contributed by atoms with Crippen LogP contribution in [0.5, 0.6) is 0 Å². The average molecular weight is 174 g/mol. The summed E-state index contributed by atoms with van der Waals surface area (Å²) in [5, 5.41) is 10.6. The van der Waals surface area contributed by atoms with Crippen LogP contribution in [0.3, 0.4) is 0 Å². The molecule has 0 saturated heterocycles. The number of halogens is 1. The molecule has 0 aliphatic carbocycles. The van der Waals surface area contributed by atoms with Crippen molar-refractivity contribution < 1.29 is 9.91 Å². The van der Waals surface area contributed by atoms with Gasteiger partial charge in [0.2, 0.25) is 0 Å². The summed E-state index contributed by atoms with van der Waals surface area (Å²) in [4.78, 5) is 12.5. The molecule has 4 nitrogen and oxygen atoms in total. The first-order valence-electron chi connectivity index (χ1n) is 2.93. The zero-order valence-electron chi connectivity index (χ0n) is 5.80. The van der Waals surface area contributed by atoms with E-state index in [2.05, 4.69) is 4.98 Å². The number of H-pyrrole nitrogens is 1. The van der Waals surface area contributed by atoms with Gasteiger partial charge >= 0.3 is 0 Å². The smallest absolute Gasteiger partial charge is 0.258 e. The Hall–Kier alpha value is -1.16. The molecule has 0 bridgehead atoms. The maximum absolute atomic E-state index is 10.3. The van der Waals surface area contributed by atoms with Crippen LogP contribution in [-0.2, 0) is 0 Å². The summed E-state index contributed by atoms with van der Waals surface area (Å²) in [5.74, 6) is 0. The van der Waals surface area contributed by atoms with Gasteiger partial charge in [0, 0.05) is 0 Å². The molecule has 0 spiro atoms. The lowest BCUT2D eigenvalue weighted by atomic mass is 10.3. The van der Waals surface area contributed by atoms with Gasteiger partial charge < -0.3 is 0 Å². The number of nitro groups is 1. The van der Waals surface area contributed by atoms with Crippen LogP contribution < -0.4 is 4.98 Å². The van der Waals surface area contributed by atoms with Gasteiger partial charge in [-0.25, -0.2) is 4.98 Å². The summed E-state index contributed by atoms with van der Waals surface area (Å²) in [6.07, 6.45) is 1.50. The van der Waals surface area contributed by atoms with Gasteiger partial charge in [-0.2, -0.15) is 0 Å². The number of hydrogen-bond acceptors (Lipinski definition) is 2. The predicted octanol–water partition coefficient (Wildman–Crippen LogP) is 1.37. The van der Waals surface area contributed by atoms with E-state index in [0.29, 0.717) is 5.56 Å². The Morgan fingerprint density at radius 1 is 1.73 bits per heavy atom. The van der Waals surface area contributed by atoms with Crippen molar-refractivity contribution in [1.82, 2.24) is 0 Å². The third-order valence-electron chi connectivity index (χ3n) is 1.29. The van der Waals surface area contributed by atoms with Crippen molar-refractivity contribution in [3.05, 3.63) is 33.1 Å². The van der Waals surface area contributed by atoms with Gasteiger partial charge in [0.1, 0.15) is 6.07 Å². The van der Waals surface area contributed by atoms with Crippen molar-refractivity contribution in [3.8, 4) is 0 Å². The molecule has 0 amide bonds. The van der Waals surface area contributed by atoms with Crippen LogP contribution in [0.15, 0.2) is 12.3 Å². The normalized spacial score (nSPS) is 9.64. The number of hydrogen-bond donors (Lipinski definition) is 0. The summed E-state index contributed by atoms with van der Waals surface area (Å²) in [6, 6.07) is 1.29.